The van der Waals surface area contributed by atoms with Gasteiger partial charge >= 0.3 is 0 Å². The lowest BCUT2D eigenvalue weighted by Crippen LogP contribution is -2.30. The molecule has 0 spiro atoms. The van der Waals surface area contributed by atoms with Crippen molar-refractivity contribution in [3.8, 4) is 11.8 Å². The van der Waals surface area contributed by atoms with Crippen LogP contribution < -0.4 is 10.1 Å². The summed E-state index contributed by atoms with van der Waals surface area (Å²) in [6.45, 7) is 0. The molecule has 2 aromatic carbocycles. The maximum atomic E-state index is 12.2. The van der Waals surface area contributed by atoms with Gasteiger partial charge in [-0.3, -0.25) is 4.79 Å². The van der Waals surface area contributed by atoms with Crippen LogP contribution in [0.5, 0.6) is 5.75 Å². The van der Waals surface area contributed by atoms with E-state index in [9.17, 15) is 10.1 Å². The molecule has 4 nitrogen and oxygen atoms in total. The Kier molecular flexibility index (Phi) is 5.42. The lowest BCUT2D eigenvalue weighted by molar-refractivity contribution is -0.120. The molecule has 1 heterocycles. The van der Waals surface area contributed by atoms with Crippen LogP contribution in [0.2, 0.25) is 0 Å². The van der Waals surface area contributed by atoms with Crippen LogP contribution >= 0.6 is 11.8 Å². The van der Waals surface area contributed by atoms with Crippen molar-refractivity contribution >= 4 is 17.7 Å². The highest BCUT2D eigenvalue weighted by atomic mass is 32.2. The number of methoxy groups -OCH3 is 1. The van der Waals surface area contributed by atoms with Crippen LogP contribution in [0.3, 0.4) is 0 Å². The smallest absolute Gasteiger partial charge is 0.225 e. The maximum Gasteiger partial charge on any atom is 0.225 e. The van der Waals surface area contributed by atoms with Gasteiger partial charge in [0.25, 0.3) is 0 Å². The number of ether oxygens (including phenoxy) is 1. The number of nitriles is 1. The van der Waals surface area contributed by atoms with Gasteiger partial charge in [-0.2, -0.15) is 5.26 Å². The first kappa shape index (κ1) is 17.1. The summed E-state index contributed by atoms with van der Waals surface area (Å²) >= 11 is 1.49. The third-order valence-electron chi connectivity index (χ3n) is 4.08. The molecule has 1 amide bonds. The Balaban J connectivity index is 1.90. The lowest BCUT2D eigenvalue weighted by Gasteiger charge is -2.25. The van der Waals surface area contributed by atoms with Crippen molar-refractivity contribution in [2.24, 2.45) is 0 Å². The molecular formula is C20H18N2O2S. The van der Waals surface area contributed by atoms with Gasteiger partial charge < -0.3 is 10.1 Å². The van der Waals surface area contributed by atoms with E-state index in [0.29, 0.717) is 16.4 Å². The van der Waals surface area contributed by atoms with Crippen molar-refractivity contribution in [1.29, 1.82) is 5.26 Å². The molecule has 3 rings (SSSR count). The standard InChI is InChI=1S/C20H18N2O2S/c1-24-16-9-5-8-15(10-16)17-11-19(23)22-20(18(17)12-21)25-13-14-6-3-2-4-7-14/h2-10,17H,11,13H2,1H3,(H,22,23)/t17-/m0/s1. The summed E-state index contributed by atoms with van der Waals surface area (Å²) in [6, 6.07) is 19.8. The van der Waals surface area contributed by atoms with Crippen LogP contribution in [0.1, 0.15) is 23.5 Å². The zero-order chi connectivity index (χ0) is 17.6. The van der Waals surface area contributed by atoms with E-state index in [0.717, 1.165) is 16.9 Å². The second-order valence-corrected chi connectivity index (χ2v) is 6.70. The van der Waals surface area contributed by atoms with Gasteiger partial charge in [-0.1, -0.05) is 42.5 Å². The van der Waals surface area contributed by atoms with E-state index < -0.39 is 0 Å². The second-order valence-electron chi connectivity index (χ2n) is 5.71. The van der Waals surface area contributed by atoms with E-state index >= 15 is 0 Å². The molecule has 1 aliphatic heterocycles. The molecule has 0 aliphatic carbocycles. The molecule has 0 bridgehead atoms. The van der Waals surface area contributed by atoms with Gasteiger partial charge in [-0.05, 0) is 23.3 Å². The van der Waals surface area contributed by atoms with Gasteiger partial charge in [0.15, 0.2) is 0 Å². The van der Waals surface area contributed by atoms with Crippen molar-refractivity contribution in [2.45, 2.75) is 18.1 Å². The quantitative estimate of drug-likeness (QED) is 0.886. The van der Waals surface area contributed by atoms with E-state index in [1.807, 2.05) is 54.6 Å². The van der Waals surface area contributed by atoms with E-state index in [-0.39, 0.29) is 18.2 Å². The van der Waals surface area contributed by atoms with E-state index in [4.69, 9.17) is 4.74 Å². The fourth-order valence-corrected chi connectivity index (χ4v) is 3.84. The molecule has 2 aromatic rings. The molecule has 1 atom stereocenters. The summed E-state index contributed by atoms with van der Waals surface area (Å²) in [5.74, 6) is 1.11. The van der Waals surface area contributed by atoms with Gasteiger partial charge in [-0.15, -0.1) is 11.8 Å². The Morgan fingerprint density at radius 2 is 2.04 bits per heavy atom. The third kappa shape index (κ3) is 4.04. The summed E-state index contributed by atoms with van der Waals surface area (Å²) < 4.78 is 5.27. The molecule has 0 unspecified atom stereocenters. The first-order valence-corrected chi connectivity index (χ1v) is 8.94. The summed E-state index contributed by atoms with van der Waals surface area (Å²) in [7, 11) is 1.61. The topological polar surface area (TPSA) is 62.1 Å². The number of carbonyl (C=O) groups excluding carboxylic acids is 1. The molecule has 0 fully saturated rings. The number of hydrogen-bond acceptors (Lipinski definition) is 4. The molecule has 0 saturated heterocycles. The van der Waals surface area contributed by atoms with Crippen LogP contribution in [-0.4, -0.2) is 13.0 Å². The number of amides is 1. The highest BCUT2D eigenvalue weighted by molar-refractivity contribution is 8.02. The monoisotopic (exact) mass is 350 g/mol. The number of nitrogens with zero attached hydrogens (tertiary/aromatic N) is 1. The molecular weight excluding hydrogens is 332 g/mol. The van der Waals surface area contributed by atoms with Crippen LogP contribution in [0.25, 0.3) is 0 Å². The molecule has 0 aromatic heterocycles. The zero-order valence-corrected chi connectivity index (χ0v) is 14.7. The summed E-state index contributed by atoms with van der Waals surface area (Å²) in [4.78, 5) is 12.2. The van der Waals surface area contributed by atoms with Crippen molar-refractivity contribution < 1.29 is 9.53 Å². The van der Waals surface area contributed by atoms with Gasteiger partial charge in [-0.25, -0.2) is 0 Å². The Hall–Kier alpha value is -2.71. The predicted molar refractivity (Wildman–Crippen MR) is 98.9 cm³/mol. The third-order valence-corrected chi connectivity index (χ3v) is 5.17. The SMILES string of the molecule is COc1cccc([C@@H]2CC(=O)NC(SCc3ccccc3)=C2C#N)c1. The van der Waals surface area contributed by atoms with Gasteiger partial charge in [0.1, 0.15) is 5.75 Å². The first-order valence-electron chi connectivity index (χ1n) is 7.96. The normalized spacial score (nSPS) is 17.0. The van der Waals surface area contributed by atoms with Crippen molar-refractivity contribution in [1.82, 2.24) is 5.32 Å². The average molecular weight is 350 g/mol. The number of benzene rings is 2. The number of carbonyl (C=O) groups is 1. The minimum atomic E-state index is -0.243. The Morgan fingerprint density at radius 1 is 1.24 bits per heavy atom. The van der Waals surface area contributed by atoms with Crippen LogP contribution in [0.15, 0.2) is 65.2 Å². The minimum Gasteiger partial charge on any atom is -0.497 e. The summed E-state index contributed by atoms with van der Waals surface area (Å²) in [5.41, 5.74) is 2.67. The zero-order valence-electron chi connectivity index (χ0n) is 13.9. The number of thioether (sulfide) groups is 1. The van der Waals surface area contributed by atoms with E-state index in [2.05, 4.69) is 11.4 Å². The van der Waals surface area contributed by atoms with E-state index in [1.54, 1.807) is 7.11 Å². The van der Waals surface area contributed by atoms with Gasteiger partial charge in [0, 0.05) is 18.1 Å². The summed E-state index contributed by atoms with van der Waals surface area (Å²) in [6.07, 6.45) is 0.269. The molecule has 126 valence electrons. The Morgan fingerprint density at radius 3 is 2.76 bits per heavy atom. The van der Waals surface area contributed by atoms with Crippen molar-refractivity contribution in [2.75, 3.05) is 7.11 Å². The van der Waals surface area contributed by atoms with Crippen molar-refractivity contribution in [3.63, 3.8) is 0 Å². The predicted octanol–water partition coefficient (Wildman–Crippen LogP) is 3.97. The number of hydrogen-bond donors (Lipinski definition) is 1. The average Bonchev–Trinajstić information content (AvgIpc) is 2.66. The molecule has 5 heteroatoms. The highest BCUT2D eigenvalue weighted by Crippen LogP contribution is 2.37. The molecule has 25 heavy (non-hydrogen) atoms. The van der Waals surface area contributed by atoms with Crippen LogP contribution in [0, 0.1) is 11.3 Å². The van der Waals surface area contributed by atoms with Crippen molar-refractivity contribution in [3.05, 3.63) is 76.3 Å². The van der Waals surface area contributed by atoms with Crippen LogP contribution in [-0.2, 0) is 10.5 Å². The minimum absolute atomic E-state index is 0.0672. The number of rotatable bonds is 5. The molecule has 1 aliphatic rings. The largest absolute Gasteiger partial charge is 0.497 e. The van der Waals surface area contributed by atoms with Gasteiger partial charge in [0.05, 0.1) is 23.8 Å². The maximum absolute atomic E-state index is 12.2. The lowest BCUT2D eigenvalue weighted by atomic mass is 9.87. The second kappa shape index (κ2) is 7.91. The highest BCUT2D eigenvalue weighted by Gasteiger charge is 2.29. The Bertz CT molecular complexity index is 840. The van der Waals surface area contributed by atoms with Crippen LogP contribution in [0.4, 0.5) is 0 Å². The molecule has 1 N–H and O–H groups in total. The molecule has 0 radical (unpaired) electrons. The van der Waals surface area contributed by atoms with E-state index in [1.165, 1.54) is 11.8 Å². The summed E-state index contributed by atoms with van der Waals surface area (Å²) in [5, 5.41) is 13.2. The molecule has 0 saturated carbocycles. The Labute approximate surface area is 151 Å². The fraction of sp³-hybridized carbons (Fsp3) is 0.200. The number of nitrogens with one attached hydrogen (secondary N) is 1. The fourth-order valence-electron chi connectivity index (χ4n) is 2.81. The number of allylic oxidation sites excluding steroid dienone is 1. The van der Waals surface area contributed by atoms with Gasteiger partial charge in [0.2, 0.25) is 5.91 Å². The first-order chi connectivity index (χ1) is 12.2.